The molecule has 2 nitrogen and oxygen atoms in total. The lowest BCUT2D eigenvalue weighted by Crippen LogP contribution is -1.96. The van der Waals surface area contributed by atoms with Gasteiger partial charge >= 0.3 is 0 Å². The molecule has 0 bridgehead atoms. The minimum absolute atomic E-state index is 0.0901. The van der Waals surface area contributed by atoms with Crippen LogP contribution >= 0.6 is 12.2 Å². The van der Waals surface area contributed by atoms with Crippen LogP contribution in [0.1, 0.15) is 5.56 Å². The number of hydrogen-bond acceptors (Lipinski definition) is 2. The molecule has 3 heteroatoms. The molecule has 0 radical (unpaired) electrons. The monoisotopic (exact) mass is 239 g/mol. The van der Waals surface area contributed by atoms with Crippen LogP contribution < -0.4 is 0 Å². The maximum absolute atomic E-state index is 9.50. The number of aromatic nitrogens is 1. The molecule has 0 aliphatic carbocycles. The van der Waals surface area contributed by atoms with Crippen molar-refractivity contribution in [2.75, 3.05) is 0 Å². The summed E-state index contributed by atoms with van der Waals surface area (Å²) in [7, 11) is 0. The SMILES string of the molecule is OC(=S)c1cccc2nc3ccccc3cc12. The van der Waals surface area contributed by atoms with E-state index in [9.17, 15) is 5.11 Å². The lowest BCUT2D eigenvalue weighted by Gasteiger charge is -2.05. The van der Waals surface area contributed by atoms with E-state index in [-0.39, 0.29) is 5.05 Å². The van der Waals surface area contributed by atoms with Crippen LogP contribution in [-0.2, 0) is 0 Å². The van der Waals surface area contributed by atoms with E-state index in [1.54, 1.807) is 6.07 Å². The Balaban J connectivity index is 2.47. The molecule has 2 aromatic carbocycles. The molecule has 1 aromatic heterocycles. The van der Waals surface area contributed by atoms with Crippen LogP contribution in [0.4, 0.5) is 0 Å². The minimum Gasteiger partial charge on any atom is -0.499 e. The van der Waals surface area contributed by atoms with Gasteiger partial charge in [-0.1, -0.05) is 24.3 Å². The number of benzene rings is 2. The number of hydrogen-bond donors (Lipinski definition) is 1. The van der Waals surface area contributed by atoms with Gasteiger partial charge in [0.05, 0.1) is 11.0 Å². The van der Waals surface area contributed by atoms with Gasteiger partial charge in [0.15, 0.2) is 5.05 Å². The average Bonchev–Trinajstić information content (AvgIpc) is 2.35. The Bertz CT molecular complexity index is 736. The van der Waals surface area contributed by atoms with Gasteiger partial charge in [0, 0.05) is 16.3 Å². The number of para-hydroxylation sites is 1. The van der Waals surface area contributed by atoms with Crippen LogP contribution in [0.3, 0.4) is 0 Å². The summed E-state index contributed by atoms with van der Waals surface area (Å²) in [5, 5.41) is 11.3. The summed E-state index contributed by atoms with van der Waals surface area (Å²) in [6, 6.07) is 15.5. The number of aliphatic hydroxyl groups excluding tert-OH is 1. The zero-order valence-electron chi connectivity index (χ0n) is 8.92. The highest BCUT2D eigenvalue weighted by molar-refractivity contribution is 7.80. The van der Waals surface area contributed by atoms with Crippen LogP contribution in [0.2, 0.25) is 0 Å². The lowest BCUT2D eigenvalue weighted by molar-refractivity contribution is 0.571. The van der Waals surface area contributed by atoms with Crippen molar-refractivity contribution in [2.45, 2.75) is 0 Å². The van der Waals surface area contributed by atoms with Crippen LogP contribution in [0.5, 0.6) is 0 Å². The van der Waals surface area contributed by atoms with E-state index in [0.717, 1.165) is 21.8 Å². The van der Waals surface area contributed by atoms with Gasteiger partial charge in [-0.2, -0.15) is 0 Å². The van der Waals surface area contributed by atoms with Gasteiger partial charge < -0.3 is 5.11 Å². The highest BCUT2D eigenvalue weighted by Gasteiger charge is 2.06. The first kappa shape index (κ1) is 10.2. The van der Waals surface area contributed by atoms with Crippen molar-refractivity contribution in [1.29, 1.82) is 0 Å². The maximum atomic E-state index is 9.50. The number of nitrogens with zero attached hydrogens (tertiary/aromatic N) is 1. The van der Waals surface area contributed by atoms with Crippen molar-refractivity contribution in [1.82, 2.24) is 4.98 Å². The summed E-state index contributed by atoms with van der Waals surface area (Å²) in [5.41, 5.74) is 2.45. The summed E-state index contributed by atoms with van der Waals surface area (Å²) in [4.78, 5) is 4.55. The van der Waals surface area contributed by atoms with E-state index in [2.05, 4.69) is 4.98 Å². The molecule has 1 N–H and O–H groups in total. The Labute approximate surface area is 104 Å². The summed E-state index contributed by atoms with van der Waals surface area (Å²) in [5.74, 6) is 0. The normalized spacial score (nSPS) is 10.8. The van der Waals surface area contributed by atoms with Gasteiger partial charge in [-0.25, -0.2) is 4.98 Å². The van der Waals surface area contributed by atoms with Gasteiger partial charge in [-0.15, -0.1) is 0 Å². The van der Waals surface area contributed by atoms with E-state index >= 15 is 0 Å². The number of aliphatic hydroxyl groups is 1. The molecule has 3 rings (SSSR count). The van der Waals surface area contributed by atoms with Crippen LogP contribution in [0.15, 0.2) is 48.5 Å². The Morgan fingerprint density at radius 1 is 1.00 bits per heavy atom. The average molecular weight is 239 g/mol. The van der Waals surface area contributed by atoms with E-state index in [4.69, 9.17) is 12.2 Å². The first-order chi connectivity index (χ1) is 8.25. The number of rotatable bonds is 1. The number of pyridine rings is 1. The smallest absolute Gasteiger partial charge is 0.189 e. The molecule has 0 aliphatic heterocycles. The van der Waals surface area contributed by atoms with Crippen molar-refractivity contribution < 1.29 is 5.11 Å². The second kappa shape index (κ2) is 3.79. The van der Waals surface area contributed by atoms with Gasteiger partial charge in [-0.3, -0.25) is 0 Å². The fourth-order valence-electron chi connectivity index (χ4n) is 1.99. The van der Waals surface area contributed by atoms with E-state index in [1.807, 2.05) is 42.5 Å². The molecule has 0 unspecified atom stereocenters. The molecule has 0 saturated heterocycles. The molecular weight excluding hydrogens is 230 g/mol. The van der Waals surface area contributed by atoms with Crippen LogP contribution in [-0.4, -0.2) is 15.1 Å². The number of fused-ring (bicyclic) bond motifs is 2. The molecule has 1 heterocycles. The van der Waals surface area contributed by atoms with Gasteiger partial charge in [0.1, 0.15) is 0 Å². The molecule has 0 saturated carbocycles. The molecule has 0 atom stereocenters. The van der Waals surface area contributed by atoms with E-state index in [0.29, 0.717) is 5.56 Å². The molecule has 0 aliphatic rings. The second-order valence-corrected chi connectivity index (χ2v) is 4.25. The molecular formula is C14H9NOS. The van der Waals surface area contributed by atoms with Crippen molar-refractivity contribution in [2.24, 2.45) is 0 Å². The minimum atomic E-state index is -0.0901. The van der Waals surface area contributed by atoms with Crippen molar-refractivity contribution in [3.8, 4) is 0 Å². The molecule has 82 valence electrons. The Kier molecular flexibility index (Phi) is 2.27. The fourth-order valence-corrected chi connectivity index (χ4v) is 2.16. The van der Waals surface area contributed by atoms with Crippen molar-refractivity contribution >= 4 is 39.1 Å². The predicted molar refractivity (Wildman–Crippen MR) is 73.6 cm³/mol. The lowest BCUT2D eigenvalue weighted by atomic mass is 10.1. The van der Waals surface area contributed by atoms with Crippen molar-refractivity contribution in [3.63, 3.8) is 0 Å². The Morgan fingerprint density at radius 3 is 2.59 bits per heavy atom. The molecule has 3 aromatic rings. The van der Waals surface area contributed by atoms with Crippen LogP contribution in [0, 0.1) is 0 Å². The van der Waals surface area contributed by atoms with Gasteiger partial charge in [-0.05, 0) is 36.5 Å². The van der Waals surface area contributed by atoms with E-state index < -0.39 is 0 Å². The first-order valence-corrected chi connectivity index (χ1v) is 5.68. The Hall–Kier alpha value is -2.00. The van der Waals surface area contributed by atoms with Gasteiger partial charge in [0.2, 0.25) is 0 Å². The summed E-state index contributed by atoms with van der Waals surface area (Å²) < 4.78 is 0. The quantitative estimate of drug-likeness (QED) is 0.520. The highest BCUT2D eigenvalue weighted by atomic mass is 32.1. The fraction of sp³-hybridized carbons (Fsp3) is 0. The third-order valence-corrected chi connectivity index (χ3v) is 3.01. The van der Waals surface area contributed by atoms with Crippen LogP contribution in [0.25, 0.3) is 21.8 Å². The molecule has 0 spiro atoms. The highest BCUT2D eigenvalue weighted by Crippen LogP contribution is 2.22. The zero-order valence-corrected chi connectivity index (χ0v) is 9.74. The maximum Gasteiger partial charge on any atom is 0.189 e. The second-order valence-electron chi connectivity index (χ2n) is 3.86. The third kappa shape index (κ3) is 1.65. The third-order valence-electron chi connectivity index (χ3n) is 2.79. The van der Waals surface area contributed by atoms with Crippen molar-refractivity contribution in [3.05, 3.63) is 54.1 Å². The van der Waals surface area contributed by atoms with E-state index in [1.165, 1.54) is 0 Å². The zero-order chi connectivity index (χ0) is 11.8. The predicted octanol–water partition coefficient (Wildman–Crippen LogP) is 3.62. The first-order valence-electron chi connectivity index (χ1n) is 5.27. The summed E-state index contributed by atoms with van der Waals surface area (Å²) in [6.45, 7) is 0. The standard InChI is InChI=1S/C14H9NOS/c16-14(17)10-5-3-7-13-11(10)8-9-4-1-2-6-12(9)15-13/h1-8H,(H,16,17). The molecule has 17 heavy (non-hydrogen) atoms. The summed E-state index contributed by atoms with van der Waals surface area (Å²) >= 11 is 4.84. The number of thiocarbonyl (C=S) groups is 1. The Morgan fingerprint density at radius 2 is 1.76 bits per heavy atom. The summed E-state index contributed by atoms with van der Waals surface area (Å²) in [6.07, 6.45) is 0. The molecule has 0 fully saturated rings. The molecule has 0 amide bonds. The topological polar surface area (TPSA) is 33.1 Å². The largest absolute Gasteiger partial charge is 0.499 e. The van der Waals surface area contributed by atoms with Gasteiger partial charge in [0.25, 0.3) is 0 Å².